The van der Waals surface area contributed by atoms with Crippen LogP contribution < -0.4 is 15.5 Å². The molecular formula is C20H25ClN4O3S. The van der Waals surface area contributed by atoms with Crippen LogP contribution in [0.3, 0.4) is 0 Å². The number of carbonyl (C=O) groups is 1. The highest BCUT2D eigenvalue weighted by molar-refractivity contribution is 7.89. The minimum atomic E-state index is -3.43. The van der Waals surface area contributed by atoms with E-state index in [1.165, 1.54) is 9.87 Å². The molecule has 2 aromatic rings. The molecule has 2 N–H and O–H groups in total. The second kappa shape index (κ2) is 9.47. The van der Waals surface area contributed by atoms with Crippen LogP contribution in [0.25, 0.3) is 0 Å². The number of halogens is 1. The van der Waals surface area contributed by atoms with Crippen LogP contribution in [-0.4, -0.2) is 57.2 Å². The van der Waals surface area contributed by atoms with Crippen molar-refractivity contribution in [3.8, 4) is 0 Å². The first-order valence-electron chi connectivity index (χ1n) is 9.43. The molecule has 0 saturated carbocycles. The number of nitrogens with zero attached hydrogens (tertiary/aromatic N) is 2. The predicted octanol–water partition coefficient (Wildman–Crippen LogP) is 2.92. The number of urea groups is 1. The number of amides is 2. The van der Waals surface area contributed by atoms with Gasteiger partial charge in [0.1, 0.15) is 0 Å². The molecule has 1 aliphatic rings. The Morgan fingerprint density at radius 2 is 1.79 bits per heavy atom. The van der Waals surface area contributed by atoms with Gasteiger partial charge in [0.2, 0.25) is 10.0 Å². The van der Waals surface area contributed by atoms with E-state index >= 15 is 0 Å². The zero-order valence-electron chi connectivity index (χ0n) is 16.3. The minimum absolute atomic E-state index is 0.0346. The number of carbonyl (C=O) groups excluding carboxylic acids is 1. The van der Waals surface area contributed by atoms with E-state index in [9.17, 15) is 13.2 Å². The van der Waals surface area contributed by atoms with Crippen LogP contribution in [0.1, 0.15) is 5.56 Å². The standard InChI is InChI=1S/C20H25ClN4O3S/c1-16-4-2-7-19(14-16)24-9-11-25(12-10-24)29(27,28)13-8-22-20(26)23-18-6-3-5-17(21)15-18/h2-7,14-15H,8-13H2,1H3,(H2,22,23,26). The molecule has 0 unspecified atom stereocenters. The highest BCUT2D eigenvalue weighted by Gasteiger charge is 2.26. The van der Waals surface area contributed by atoms with Crippen LogP contribution in [-0.2, 0) is 10.0 Å². The SMILES string of the molecule is Cc1cccc(N2CCN(S(=O)(=O)CCNC(=O)Nc3cccc(Cl)c3)CC2)c1. The predicted molar refractivity (Wildman–Crippen MR) is 117 cm³/mol. The van der Waals surface area contributed by atoms with Crippen molar-refractivity contribution in [3.63, 3.8) is 0 Å². The molecule has 1 aliphatic heterocycles. The molecule has 0 spiro atoms. The van der Waals surface area contributed by atoms with Crippen LogP contribution in [0.5, 0.6) is 0 Å². The summed E-state index contributed by atoms with van der Waals surface area (Å²) in [6.07, 6.45) is 0. The Morgan fingerprint density at radius 3 is 2.48 bits per heavy atom. The summed E-state index contributed by atoms with van der Waals surface area (Å²) in [6, 6.07) is 14.5. The van der Waals surface area contributed by atoms with Crippen LogP contribution in [0.2, 0.25) is 5.02 Å². The van der Waals surface area contributed by atoms with E-state index < -0.39 is 16.1 Å². The lowest BCUT2D eigenvalue weighted by molar-refractivity contribution is 0.252. The van der Waals surface area contributed by atoms with Gasteiger partial charge in [0, 0.05) is 49.1 Å². The van der Waals surface area contributed by atoms with Crippen LogP contribution in [0.15, 0.2) is 48.5 Å². The van der Waals surface area contributed by atoms with E-state index in [4.69, 9.17) is 11.6 Å². The third-order valence-corrected chi connectivity index (χ3v) is 6.83. The zero-order chi connectivity index (χ0) is 20.9. The topological polar surface area (TPSA) is 81.8 Å². The Hall–Kier alpha value is -2.29. The van der Waals surface area contributed by atoms with E-state index in [-0.39, 0.29) is 12.3 Å². The number of hydrogen-bond donors (Lipinski definition) is 2. The Morgan fingerprint density at radius 1 is 1.07 bits per heavy atom. The third kappa shape index (κ3) is 6.09. The van der Waals surface area contributed by atoms with Gasteiger partial charge in [-0.3, -0.25) is 0 Å². The summed E-state index contributed by atoms with van der Waals surface area (Å²) in [6.45, 7) is 4.24. The maximum absolute atomic E-state index is 12.6. The molecule has 1 heterocycles. The van der Waals surface area contributed by atoms with Crippen molar-refractivity contribution in [1.82, 2.24) is 9.62 Å². The molecular weight excluding hydrogens is 412 g/mol. The highest BCUT2D eigenvalue weighted by atomic mass is 35.5. The average molecular weight is 437 g/mol. The number of anilines is 2. The fourth-order valence-electron chi connectivity index (χ4n) is 3.21. The maximum atomic E-state index is 12.6. The number of sulfonamides is 1. The lowest BCUT2D eigenvalue weighted by atomic mass is 10.2. The van der Waals surface area contributed by atoms with Gasteiger partial charge in [-0.2, -0.15) is 4.31 Å². The van der Waals surface area contributed by atoms with Gasteiger partial charge in [0.25, 0.3) is 0 Å². The molecule has 0 radical (unpaired) electrons. The molecule has 0 atom stereocenters. The lowest BCUT2D eigenvalue weighted by Gasteiger charge is -2.35. The first-order valence-corrected chi connectivity index (χ1v) is 11.4. The number of rotatable bonds is 6. The van der Waals surface area contributed by atoms with Gasteiger partial charge in [-0.05, 0) is 42.8 Å². The molecule has 0 aromatic heterocycles. The maximum Gasteiger partial charge on any atom is 0.319 e. The number of hydrogen-bond acceptors (Lipinski definition) is 4. The largest absolute Gasteiger partial charge is 0.369 e. The van der Waals surface area contributed by atoms with Gasteiger partial charge in [0.05, 0.1) is 5.75 Å². The number of piperazine rings is 1. The molecule has 1 fully saturated rings. The minimum Gasteiger partial charge on any atom is -0.369 e. The lowest BCUT2D eigenvalue weighted by Crippen LogP contribution is -2.50. The zero-order valence-corrected chi connectivity index (χ0v) is 17.8. The number of benzene rings is 2. The summed E-state index contributed by atoms with van der Waals surface area (Å²) in [5.74, 6) is -0.138. The molecule has 7 nitrogen and oxygen atoms in total. The van der Waals surface area contributed by atoms with Crippen molar-refractivity contribution in [2.45, 2.75) is 6.92 Å². The highest BCUT2D eigenvalue weighted by Crippen LogP contribution is 2.19. The molecule has 0 aliphatic carbocycles. The smallest absolute Gasteiger partial charge is 0.319 e. The van der Waals surface area contributed by atoms with Crippen molar-refractivity contribution in [2.24, 2.45) is 0 Å². The van der Waals surface area contributed by atoms with Gasteiger partial charge in [0.15, 0.2) is 0 Å². The van der Waals surface area contributed by atoms with Crippen molar-refractivity contribution in [3.05, 3.63) is 59.1 Å². The summed E-state index contributed by atoms with van der Waals surface area (Å²) < 4.78 is 26.7. The average Bonchev–Trinajstić information content (AvgIpc) is 2.68. The summed E-state index contributed by atoms with van der Waals surface area (Å²) in [5, 5.41) is 5.71. The number of aryl methyl sites for hydroxylation is 1. The molecule has 156 valence electrons. The molecule has 0 bridgehead atoms. The second-order valence-electron chi connectivity index (χ2n) is 6.93. The Balaban J connectivity index is 1.45. The first kappa shape index (κ1) is 21.4. The molecule has 1 saturated heterocycles. The van der Waals surface area contributed by atoms with E-state index in [1.807, 2.05) is 25.1 Å². The van der Waals surface area contributed by atoms with Crippen molar-refractivity contribution < 1.29 is 13.2 Å². The fraction of sp³-hybridized carbons (Fsp3) is 0.350. The molecule has 2 amide bonds. The molecule has 2 aromatic carbocycles. The third-order valence-electron chi connectivity index (χ3n) is 4.73. The van der Waals surface area contributed by atoms with Gasteiger partial charge in [-0.25, -0.2) is 13.2 Å². The quantitative estimate of drug-likeness (QED) is 0.729. The Bertz CT molecular complexity index is 960. The summed E-state index contributed by atoms with van der Waals surface area (Å²) in [5.41, 5.74) is 2.84. The van der Waals surface area contributed by atoms with Crippen LogP contribution >= 0.6 is 11.6 Å². The Labute approximate surface area is 176 Å². The summed E-state index contributed by atoms with van der Waals surface area (Å²) in [7, 11) is -3.43. The van der Waals surface area contributed by atoms with E-state index in [0.717, 1.165) is 5.69 Å². The van der Waals surface area contributed by atoms with Crippen molar-refractivity contribution in [1.29, 1.82) is 0 Å². The summed E-state index contributed by atoms with van der Waals surface area (Å²) in [4.78, 5) is 14.1. The Kier molecular flexibility index (Phi) is 7.00. The van der Waals surface area contributed by atoms with Crippen LogP contribution in [0, 0.1) is 6.92 Å². The van der Waals surface area contributed by atoms with Gasteiger partial charge < -0.3 is 15.5 Å². The van der Waals surface area contributed by atoms with Gasteiger partial charge in [-0.15, -0.1) is 0 Å². The van der Waals surface area contributed by atoms with E-state index in [1.54, 1.807) is 24.3 Å². The normalized spacial score (nSPS) is 15.2. The monoisotopic (exact) mass is 436 g/mol. The van der Waals surface area contributed by atoms with Crippen molar-refractivity contribution >= 4 is 39.0 Å². The first-order chi connectivity index (χ1) is 13.8. The van der Waals surface area contributed by atoms with Crippen LogP contribution in [0.4, 0.5) is 16.2 Å². The van der Waals surface area contributed by atoms with E-state index in [0.29, 0.717) is 36.9 Å². The molecule has 3 rings (SSSR count). The number of nitrogens with one attached hydrogen (secondary N) is 2. The van der Waals surface area contributed by atoms with Crippen molar-refractivity contribution in [2.75, 3.05) is 48.7 Å². The molecule has 29 heavy (non-hydrogen) atoms. The molecule has 9 heteroatoms. The van der Waals surface area contributed by atoms with E-state index in [2.05, 4.69) is 21.6 Å². The second-order valence-corrected chi connectivity index (χ2v) is 9.46. The summed E-state index contributed by atoms with van der Waals surface area (Å²) >= 11 is 5.88. The van der Waals surface area contributed by atoms with Gasteiger partial charge in [-0.1, -0.05) is 29.8 Å². The van der Waals surface area contributed by atoms with Gasteiger partial charge >= 0.3 is 6.03 Å². The fourth-order valence-corrected chi connectivity index (χ4v) is 4.74.